The molecular weight excluding hydrogens is 1020 g/mol. The molecule has 0 saturated carbocycles. The van der Waals surface area contributed by atoms with E-state index in [1.54, 1.807) is 0 Å². The zero-order valence-corrected chi connectivity index (χ0v) is 41.0. The van der Waals surface area contributed by atoms with E-state index in [9.17, 15) is 53.9 Å². The minimum atomic E-state index is -5.30. The van der Waals surface area contributed by atoms with Crippen molar-refractivity contribution in [3.8, 4) is 5.75 Å². The van der Waals surface area contributed by atoms with Crippen LogP contribution < -0.4 is 48.7 Å². The van der Waals surface area contributed by atoms with Gasteiger partial charge in [0.25, 0.3) is 30.4 Å². The van der Waals surface area contributed by atoms with Crippen LogP contribution in [-0.2, 0) is 30.4 Å². The van der Waals surface area contributed by atoms with Crippen molar-refractivity contribution >= 4 is 104 Å². The van der Waals surface area contributed by atoms with Crippen LogP contribution in [0.4, 0.5) is 46.3 Å². The Morgan fingerprint density at radius 2 is 1.04 bits per heavy atom. The summed E-state index contributed by atoms with van der Waals surface area (Å²) in [5.41, 5.74) is 9.96. The highest BCUT2D eigenvalue weighted by molar-refractivity contribution is 7.86. The molecule has 0 saturated heterocycles. The van der Waals surface area contributed by atoms with E-state index in [-0.39, 0.29) is 62.0 Å². The predicted octanol–water partition coefficient (Wildman–Crippen LogP) is 3.00. The molecule has 6 aromatic rings. The molecule has 16 N–H and O–H groups in total. The van der Waals surface area contributed by atoms with Gasteiger partial charge >= 0.3 is 5.97 Å². The van der Waals surface area contributed by atoms with E-state index < -0.39 is 68.1 Å². The number of carboxylic acids is 1. The fourth-order valence-electron chi connectivity index (χ4n) is 6.79. The third-order valence-electron chi connectivity index (χ3n) is 10.2. The van der Waals surface area contributed by atoms with Crippen LogP contribution in [0, 0.1) is 0 Å². The van der Waals surface area contributed by atoms with Crippen LogP contribution in [0.2, 0.25) is 0 Å². The summed E-state index contributed by atoms with van der Waals surface area (Å²) in [5.74, 6) is -2.25. The van der Waals surface area contributed by atoms with Gasteiger partial charge in [0, 0.05) is 94.7 Å². The van der Waals surface area contributed by atoms with Crippen molar-refractivity contribution in [2.45, 2.75) is 14.7 Å². The Labute approximate surface area is 417 Å². The maximum absolute atomic E-state index is 12.9. The molecule has 390 valence electrons. The molecule has 73 heavy (non-hydrogen) atoms. The van der Waals surface area contributed by atoms with Gasteiger partial charge in [-0.3, -0.25) is 13.7 Å². The summed E-state index contributed by atoms with van der Waals surface area (Å²) in [6, 6.07) is 14.0. The van der Waals surface area contributed by atoms with Gasteiger partial charge < -0.3 is 58.9 Å². The third-order valence-corrected chi connectivity index (χ3v) is 12.9. The van der Waals surface area contributed by atoms with Crippen molar-refractivity contribution in [3.63, 3.8) is 0 Å². The molecule has 0 bridgehead atoms. The number of phenolic OH excluding ortho intramolecular Hbond substituents is 1. The molecule has 1 heterocycles. The van der Waals surface area contributed by atoms with Crippen molar-refractivity contribution in [3.05, 3.63) is 78.4 Å². The van der Waals surface area contributed by atoms with Gasteiger partial charge in [-0.2, -0.15) is 45.3 Å². The number of hydrogen-bond acceptors (Lipinski definition) is 24. The predicted molar refractivity (Wildman–Crippen MR) is 270 cm³/mol. The maximum Gasteiger partial charge on any atom is 0.335 e. The lowest BCUT2D eigenvalue weighted by Crippen LogP contribution is -2.33. The third kappa shape index (κ3) is 15.5. The number of nitrogens with zero attached hydrogens (tertiary/aromatic N) is 7. The van der Waals surface area contributed by atoms with Crippen LogP contribution in [0.5, 0.6) is 5.75 Å². The first-order valence-electron chi connectivity index (χ1n) is 22.0. The van der Waals surface area contributed by atoms with Gasteiger partial charge in [-0.1, -0.05) is 6.07 Å². The molecule has 31 heteroatoms. The summed E-state index contributed by atoms with van der Waals surface area (Å²) in [6.45, 7) is 6.61. The Morgan fingerprint density at radius 3 is 1.58 bits per heavy atom. The van der Waals surface area contributed by atoms with Crippen LogP contribution in [0.25, 0.3) is 21.5 Å². The number of aromatic carboxylic acids is 1. The highest BCUT2D eigenvalue weighted by atomic mass is 32.2. The molecule has 0 amide bonds. The molecule has 0 spiro atoms. The van der Waals surface area contributed by atoms with E-state index in [2.05, 4.69) is 72.6 Å². The van der Waals surface area contributed by atoms with Gasteiger partial charge in [-0.05, 0) is 72.1 Å². The molecule has 0 unspecified atom stereocenters. The smallest absolute Gasteiger partial charge is 0.335 e. The molecule has 0 radical (unpaired) electrons. The van der Waals surface area contributed by atoms with E-state index in [1.807, 2.05) is 0 Å². The molecular formula is C42H52N16O12S3. The van der Waals surface area contributed by atoms with Crippen molar-refractivity contribution in [1.29, 1.82) is 0 Å². The van der Waals surface area contributed by atoms with Gasteiger partial charge in [-0.25, -0.2) is 4.79 Å². The monoisotopic (exact) mass is 1070 g/mol. The number of phenols is 1. The number of aromatic nitrogens is 3. The molecule has 0 aliphatic heterocycles. The summed E-state index contributed by atoms with van der Waals surface area (Å²) in [7, 11) is -15.2. The van der Waals surface area contributed by atoms with Crippen LogP contribution >= 0.6 is 0 Å². The summed E-state index contributed by atoms with van der Waals surface area (Å²) >= 11 is 0. The first-order valence-corrected chi connectivity index (χ1v) is 26.3. The second kappa shape index (κ2) is 25.1. The van der Waals surface area contributed by atoms with E-state index in [0.717, 1.165) is 30.3 Å². The normalized spacial score (nSPS) is 12.3. The van der Waals surface area contributed by atoms with Crippen molar-refractivity contribution < 1.29 is 53.9 Å². The number of anilines is 4. The number of azo groups is 2. The number of carboxylic acid groups (broad SMARTS) is 1. The highest BCUT2D eigenvalue weighted by Crippen LogP contribution is 2.45. The van der Waals surface area contributed by atoms with Gasteiger partial charge in [0.05, 0.1) is 33.2 Å². The summed E-state index contributed by atoms with van der Waals surface area (Å²) in [6.07, 6.45) is 0. The van der Waals surface area contributed by atoms with Gasteiger partial charge in [0.1, 0.15) is 15.5 Å². The van der Waals surface area contributed by atoms with E-state index in [1.165, 1.54) is 42.5 Å². The molecule has 28 nitrogen and oxygen atoms in total. The Kier molecular flexibility index (Phi) is 19.0. The molecule has 6 rings (SSSR count). The number of nitrogens with one attached hydrogen (secondary N) is 7. The highest BCUT2D eigenvalue weighted by Gasteiger charge is 2.26. The van der Waals surface area contributed by atoms with E-state index in [4.69, 9.17) is 11.5 Å². The Morgan fingerprint density at radius 1 is 0.534 bits per heavy atom. The Hall–Kier alpha value is -7.01. The number of aromatic hydroxyl groups is 1. The Balaban J connectivity index is 1.38. The van der Waals surface area contributed by atoms with E-state index in [0.29, 0.717) is 78.5 Å². The maximum atomic E-state index is 12.9. The van der Waals surface area contributed by atoms with Crippen molar-refractivity contribution in [2.75, 3.05) is 94.5 Å². The number of carbonyl (C=O) groups is 1. The Bertz CT molecular complexity index is 3310. The topological polar surface area (TPSA) is 445 Å². The van der Waals surface area contributed by atoms with Gasteiger partial charge in [0.2, 0.25) is 17.8 Å². The first-order chi connectivity index (χ1) is 34.8. The lowest BCUT2D eigenvalue weighted by atomic mass is 10.1. The average molecular weight is 1070 g/mol. The SMILES string of the molecule is NCCNCCNCCNc1nc(NCCNCCNCCN)nc(Nc2cc3c(O)c(N=Nc4ccc(N=Nc5ccc(C(=O)O)cc5)c5ccc(S(=O)(=O)O)cc45)c(S(=O)(=O)O)cc3cc2S(=O)(=O)O)n1. The van der Waals surface area contributed by atoms with Gasteiger partial charge in [0.15, 0.2) is 5.75 Å². The molecule has 5 aromatic carbocycles. The van der Waals surface area contributed by atoms with Crippen LogP contribution in [0.1, 0.15) is 10.4 Å². The fraction of sp³-hybridized carbons (Fsp3) is 0.286. The summed E-state index contributed by atoms with van der Waals surface area (Å²) < 4.78 is 107. The van der Waals surface area contributed by atoms with Crippen molar-refractivity contribution in [1.82, 2.24) is 36.2 Å². The first kappa shape index (κ1) is 55.3. The van der Waals surface area contributed by atoms with Gasteiger partial charge in [-0.15, -0.1) is 15.3 Å². The van der Waals surface area contributed by atoms with Crippen LogP contribution in [0.15, 0.2) is 108 Å². The zero-order chi connectivity index (χ0) is 52.8. The second-order valence-corrected chi connectivity index (χ2v) is 19.7. The van der Waals surface area contributed by atoms with Crippen LogP contribution in [-0.4, -0.2) is 149 Å². The second-order valence-electron chi connectivity index (χ2n) is 15.5. The van der Waals surface area contributed by atoms with Crippen LogP contribution in [0.3, 0.4) is 0 Å². The number of hydrogen-bond donors (Lipinski definition) is 14. The zero-order valence-electron chi connectivity index (χ0n) is 38.5. The largest absolute Gasteiger partial charge is 0.505 e. The van der Waals surface area contributed by atoms with Crippen molar-refractivity contribution in [2.24, 2.45) is 31.9 Å². The summed E-state index contributed by atoms with van der Waals surface area (Å²) in [4.78, 5) is 22.0. The molecule has 0 fully saturated rings. The number of nitrogens with two attached hydrogens (primary N) is 2. The molecule has 0 aliphatic carbocycles. The molecule has 1 aromatic heterocycles. The minimum absolute atomic E-state index is 0.00151. The number of benzene rings is 5. The molecule has 0 aliphatic rings. The summed E-state index contributed by atoms with van der Waals surface area (Å²) in [5, 5.41) is 58.6. The molecule has 0 atom stereocenters. The fourth-order valence-corrected chi connectivity index (χ4v) is 8.62. The lowest BCUT2D eigenvalue weighted by Gasteiger charge is -2.15. The average Bonchev–Trinajstić information content (AvgIpc) is 3.33. The minimum Gasteiger partial charge on any atom is -0.505 e. The standard InChI is InChI=1S/C42H52N16O12S3/c43-9-11-45-13-15-47-17-19-49-40-52-41(50-20-18-48-16-14-46-12-10-44)54-42(53-40)51-34-24-30-26(21-35(34)72(65,66)67)22-36(73(68,69)70)37(38(30)59)58-57-33-8-7-32(29-6-5-28(23-31(29)33)71(62,63)64)56-55-27-3-1-25(2-4-27)39(60)61/h1-8,21-24,45-48,59H,9-20,43-44H2,(H,60,61)(H,62,63,64)(H,65,66,67)(H,68,69,70)(H3,49,50,51,52,53,54). The lowest BCUT2D eigenvalue weighted by molar-refractivity contribution is 0.0696. The quantitative estimate of drug-likeness (QED) is 0.0191. The van der Waals surface area contributed by atoms with E-state index >= 15 is 0 Å². The number of fused-ring (bicyclic) bond motifs is 2. The number of rotatable bonds is 28.